The number of benzene rings is 2. The highest BCUT2D eigenvalue weighted by molar-refractivity contribution is 7.10. The van der Waals surface area contributed by atoms with Gasteiger partial charge in [-0.1, -0.05) is 30.3 Å². The highest BCUT2D eigenvalue weighted by atomic mass is 32.1. The van der Waals surface area contributed by atoms with Gasteiger partial charge < -0.3 is 5.32 Å². The lowest BCUT2D eigenvalue weighted by Crippen LogP contribution is -2.37. The Morgan fingerprint density at radius 3 is 2.43 bits per heavy atom. The smallest absolute Gasteiger partial charge is 0.230 e. The molecule has 2 aromatic carbocycles. The molecule has 0 fully saturated rings. The number of thiophene rings is 1. The molecule has 4 rings (SSSR count). The van der Waals surface area contributed by atoms with E-state index in [0.717, 1.165) is 21.8 Å². The van der Waals surface area contributed by atoms with Gasteiger partial charge in [0.2, 0.25) is 5.91 Å². The summed E-state index contributed by atoms with van der Waals surface area (Å²) < 4.78 is 13.4. The summed E-state index contributed by atoms with van der Waals surface area (Å²) in [6.07, 6.45) is 0.282. The number of carbonyl (C=O) groups excluding carboxylic acids is 1. The predicted molar refractivity (Wildman–Crippen MR) is 112 cm³/mol. The summed E-state index contributed by atoms with van der Waals surface area (Å²) in [5, 5.41) is 4.92. The fraction of sp³-hybridized carbons (Fsp3) is 0.136. The minimum Gasteiger partial charge on any atom is -0.313 e. The van der Waals surface area contributed by atoms with Crippen LogP contribution in [0.3, 0.4) is 0 Å². The Bertz CT molecular complexity index is 1060. The monoisotopic (exact) mass is 391 g/mol. The Hall–Kier alpha value is -3.12. The van der Waals surface area contributed by atoms with E-state index in [1.807, 2.05) is 48.7 Å². The van der Waals surface area contributed by atoms with Crippen LogP contribution in [-0.4, -0.2) is 17.5 Å². The standard InChI is InChI=1S/C22H18FN3OS/c1-14-21(15-8-10-16(23)11-9-15)22(25-19-7-3-2-6-18(19)24-14)26-20(27)13-17-5-4-12-28-17/h2-12,21H,13H2,1H3,(H,25,26,27). The number of amides is 1. The Labute approximate surface area is 166 Å². The third-order valence-electron chi connectivity index (χ3n) is 4.50. The average molecular weight is 391 g/mol. The van der Waals surface area contributed by atoms with Gasteiger partial charge in [0, 0.05) is 10.6 Å². The summed E-state index contributed by atoms with van der Waals surface area (Å²) in [5.41, 5.74) is 3.05. The van der Waals surface area contributed by atoms with Crippen molar-refractivity contribution >= 4 is 40.2 Å². The van der Waals surface area contributed by atoms with E-state index in [4.69, 9.17) is 9.98 Å². The normalized spacial score (nSPS) is 15.9. The molecule has 0 aliphatic carbocycles. The molecule has 1 aliphatic rings. The van der Waals surface area contributed by atoms with Crippen LogP contribution in [-0.2, 0) is 11.2 Å². The maximum Gasteiger partial charge on any atom is 0.230 e. The molecule has 1 amide bonds. The van der Waals surface area contributed by atoms with Gasteiger partial charge in [0.1, 0.15) is 11.7 Å². The zero-order valence-corrected chi connectivity index (χ0v) is 16.0. The fourth-order valence-electron chi connectivity index (χ4n) is 3.21. The van der Waals surface area contributed by atoms with Crippen LogP contribution in [0.5, 0.6) is 0 Å². The number of para-hydroxylation sites is 2. The van der Waals surface area contributed by atoms with Gasteiger partial charge in [0.25, 0.3) is 0 Å². The molecule has 4 nitrogen and oxygen atoms in total. The first-order chi connectivity index (χ1) is 13.6. The van der Waals surface area contributed by atoms with Gasteiger partial charge in [-0.3, -0.25) is 9.79 Å². The predicted octanol–water partition coefficient (Wildman–Crippen LogP) is 5.17. The van der Waals surface area contributed by atoms with E-state index in [1.165, 1.54) is 23.5 Å². The Morgan fingerprint density at radius 2 is 1.75 bits per heavy atom. The first-order valence-electron chi connectivity index (χ1n) is 8.90. The van der Waals surface area contributed by atoms with Crippen molar-refractivity contribution in [3.63, 3.8) is 0 Å². The van der Waals surface area contributed by atoms with Gasteiger partial charge in [-0.05, 0) is 48.2 Å². The van der Waals surface area contributed by atoms with Crippen LogP contribution in [0.1, 0.15) is 23.3 Å². The largest absolute Gasteiger partial charge is 0.313 e. The maximum atomic E-state index is 13.4. The molecular weight excluding hydrogens is 373 g/mol. The average Bonchev–Trinajstić information content (AvgIpc) is 3.13. The molecule has 6 heteroatoms. The van der Waals surface area contributed by atoms with Crippen molar-refractivity contribution in [3.05, 3.63) is 82.3 Å². The van der Waals surface area contributed by atoms with Crippen molar-refractivity contribution in [2.45, 2.75) is 19.3 Å². The molecule has 1 aromatic heterocycles. The van der Waals surface area contributed by atoms with Crippen LogP contribution in [0.25, 0.3) is 0 Å². The number of rotatable bonds is 3. The Kier molecular flexibility index (Phi) is 5.12. The number of hydrogen-bond acceptors (Lipinski definition) is 4. The SMILES string of the molecule is CC1=Nc2ccccc2N=C(NC(=O)Cc2cccs2)C1c1ccc(F)cc1. The Morgan fingerprint density at radius 1 is 1.04 bits per heavy atom. The van der Waals surface area contributed by atoms with E-state index >= 15 is 0 Å². The quantitative estimate of drug-likeness (QED) is 0.658. The molecule has 140 valence electrons. The van der Waals surface area contributed by atoms with Crippen LogP contribution < -0.4 is 5.32 Å². The molecule has 0 bridgehead atoms. The molecule has 28 heavy (non-hydrogen) atoms. The van der Waals surface area contributed by atoms with Gasteiger partial charge in [-0.2, -0.15) is 0 Å². The van der Waals surface area contributed by atoms with Crippen LogP contribution in [0, 0.1) is 5.82 Å². The second kappa shape index (κ2) is 7.86. The summed E-state index contributed by atoms with van der Waals surface area (Å²) in [5.74, 6) is -0.310. The van der Waals surface area contributed by atoms with E-state index in [9.17, 15) is 9.18 Å². The van der Waals surface area contributed by atoms with E-state index in [0.29, 0.717) is 11.5 Å². The van der Waals surface area contributed by atoms with Crippen LogP contribution >= 0.6 is 11.3 Å². The number of halogens is 1. The minimum atomic E-state index is -0.361. The number of nitrogens with one attached hydrogen (secondary N) is 1. The lowest BCUT2D eigenvalue weighted by molar-refractivity contribution is -0.119. The van der Waals surface area contributed by atoms with Gasteiger partial charge in [-0.25, -0.2) is 9.38 Å². The fourth-order valence-corrected chi connectivity index (χ4v) is 3.92. The van der Waals surface area contributed by atoms with Crippen LogP contribution in [0.4, 0.5) is 15.8 Å². The number of amidine groups is 1. The van der Waals surface area contributed by atoms with Crippen molar-refractivity contribution in [2.75, 3.05) is 0 Å². The van der Waals surface area contributed by atoms with Crippen molar-refractivity contribution in [2.24, 2.45) is 9.98 Å². The minimum absolute atomic E-state index is 0.138. The molecule has 0 radical (unpaired) electrons. The van der Waals surface area contributed by atoms with E-state index in [1.54, 1.807) is 12.1 Å². The van der Waals surface area contributed by atoms with Crippen molar-refractivity contribution in [1.82, 2.24) is 5.32 Å². The van der Waals surface area contributed by atoms with Crippen molar-refractivity contribution < 1.29 is 9.18 Å². The number of fused-ring (bicyclic) bond motifs is 1. The zero-order valence-electron chi connectivity index (χ0n) is 15.2. The third kappa shape index (κ3) is 3.92. The Balaban J connectivity index is 1.73. The zero-order chi connectivity index (χ0) is 19.5. The topological polar surface area (TPSA) is 53.8 Å². The van der Waals surface area contributed by atoms with Gasteiger partial charge in [0.15, 0.2) is 0 Å². The molecule has 1 aliphatic heterocycles. The third-order valence-corrected chi connectivity index (χ3v) is 5.37. The van der Waals surface area contributed by atoms with Crippen LogP contribution in [0.15, 0.2) is 76.0 Å². The molecule has 0 saturated carbocycles. The molecule has 3 aromatic rings. The summed E-state index contributed by atoms with van der Waals surface area (Å²) >= 11 is 1.54. The molecule has 1 unspecified atom stereocenters. The lowest BCUT2D eigenvalue weighted by Gasteiger charge is -2.19. The second-order valence-electron chi connectivity index (χ2n) is 6.53. The summed E-state index contributed by atoms with van der Waals surface area (Å²) in [6.45, 7) is 1.90. The number of nitrogens with zero attached hydrogens (tertiary/aromatic N) is 2. The number of hydrogen-bond donors (Lipinski definition) is 1. The number of aliphatic imine (C=N–C) groups is 2. The molecule has 2 heterocycles. The van der Waals surface area contributed by atoms with Crippen molar-refractivity contribution in [1.29, 1.82) is 0 Å². The summed E-state index contributed by atoms with van der Waals surface area (Å²) in [4.78, 5) is 23.1. The molecule has 1 atom stereocenters. The highest BCUT2D eigenvalue weighted by Gasteiger charge is 2.26. The lowest BCUT2D eigenvalue weighted by atomic mass is 9.93. The molecule has 1 N–H and O–H groups in total. The van der Waals surface area contributed by atoms with Gasteiger partial charge in [-0.15, -0.1) is 11.3 Å². The summed E-state index contributed by atoms with van der Waals surface area (Å²) in [7, 11) is 0. The maximum absolute atomic E-state index is 13.4. The van der Waals surface area contributed by atoms with Crippen LogP contribution in [0.2, 0.25) is 0 Å². The number of carbonyl (C=O) groups is 1. The van der Waals surface area contributed by atoms with E-state index < -0.39 is 0 Å². The molecule has 0 saturated heterocycles. The van der Waals surface area contributed by atoms with E-state index in [2.05, 4.69) is 5.32 Å². The van der Waals surface area contributed by atoms with E-state index in [-0.39, 0.29) is 24.1 Å². The van der Waals surface area contributed by atoms with Gasteiger partial charge >= 0.3 is 0 Å². The first kappa shape index (κ1) is 18.3. The van der Waals surface area contributed by atoms with Crippen molar-refractivity contribution in [3.8, 4) is 0 Å². The first-order valence-corrected chi connectivity index (χ1v) is 9.78. The van der Waals surface area contributed by atoms with Gasteiger partial charge in [0.05, 0.1) is 23.7 Å². The molecular formula is C22H18FN3OS. The highest BCUT2D eigenvalue weighted by Crippen LogP contribution is 2.34. The second-order valence-corrected chi connectivity index (χ2v) is 7.56. The molecule has 0 spiro atoms. The summed E-state index contributed by atoms with van der Waals surface area (Å²) in [6, 6.07) is 17.6.